The number of thiophene rings is 1. The maximum atomic E-state index is 2.42. The van der Waals surface area contributed by atoms with E-state index < -0.39 is 0 Å². The summed E-state index contributed by atoms with van der Waals surface area (Å²) in [6, 6.07) is 77.2. The van der Waals surface area contributed by atoms with Crippen molar-refractivity contribution in [2.24, 2.45) is 0 Å². The van der Waals surface area contributed by atoms with Crippen LogP contribution in [-0.4, -0.2) is 0 Å². The Balaban J connectivity index is 1.08. The maximum absolute atomic E-state index is 2.42. The van der Waals surface area contributed by atoms with Crippen molar-refractivity contribution in [3.8, 4) is 44.5 Å². The molecule has 1 nitrogen and oxygen atoms in total. The molecule has 9 aromatic carbocycles. The predicted octanol–water partition coefficient (Wildman–Crippen LogP) is 15.3. The van der Waals surface area contributed by atoms with Crippen LogP contribution in [-0.2, 0) is 0 Å². The number of hydrogen-bond acceptors (Lipinski definition) is 2. The van der Waals surface area contributed by atoms with Gasteiger partial charge < -0.3 is 4.90 Å². The number of rotatable bonds is 7. The minimum absolute atomic E-state index is 1.11. The van der Waals surface area contributed by atoms with E-state index in [4.69, 9.17) is 0 Å². The Morgan fingerprint density at radius 1 is 0.296 bits per heavy atom. The van der Waals surface area contributed by atoms with Gasteiger partial charge in [0.25, 0.3) is 0 Å². The van der Waals surface area contributed by atoms with Crippen molar-refractivity contribution in [2.45, 2.75) is 0 Å². The molecular weight excluding hydrogens is 671 g/mol. The van der Waals surface area contributed by atoms with Crippen LogP contribution in [0.4, 0.5) is 17.1 Å². The summed E-state index contributed by atoms with van der Waals surface area (Å²) < 4.78 is 2.61. The molecule has 0 unspecified atom stereocenters. The Labute approximate surface area is 319 Å². The monoisotopic (exact) mass is 705 g/mol. The van der Waals surface area contributed by atoms with Gasteiger partial charge in [-0.2, -0.15) is 0 Å². The third-order valence-electron chi connectivity index (χ3n) is 10.5. The summed E-state index contributed by atoms with van der Waals surface area (Å²) in [5.41, 5.74) is 13.0. The van der Waals surface area contributed by atoms with E-state index in [9.17, 15) is 0 Å². The number of benzene rings is 9. The van der Waals surface area contributed by atoms with Gasteiger partial charge in [-0.25, -0.2) is 0 Å². The van der Waals surface area contributed by atoms with Gasteiger partial charge >= 0.3 is 0 Å². The molecule has 10 aromatic rings. The molecule has 10 rings (SSSR count). The molecule has 0 aliphatic carbocycles. The van der Waals surface area contributed by atoms with Crippen molar-refractivity contribution >= 4 is 59.3 Å². The average molecular weight is 706 g/mol. The first-order chi connectivity index (χ1) is 26.8. The van der Waals surface area contributed by atoms with Crippen molar-refractivity contribution in [3.05, 3.63) is 212 Å². The van der Waals surface area contributed by atoms with Crippen LogP contribution in [0.25, 0.3) is 75.5 Å². The Morgan fingerprint density at radius 2 is 0.852 bits per heavy atom. The highest BCUT2D eigenvalue weighted by Crippen LogP contribution is 2.44. The standard InChI is InChI=1S/C52H35NS/c1-2-12-36(13-3-1)37-24-26-40(27-25-37)47-19-6-8-22-50(47)53(44-32-33-52-49(35-44)48-20-7-9-23-51(48)54-52)43-30-28-38(29-31-43)41-16-10-17-42(34-41)46-21-11-15-39-14-4-5-18-45(39)46/h1-35H. The quantitative estimate of drug-likeness (QED) is 0.160. The van der Waals surface area contributed by atoms with Crippen LogP contribution in [0, 0.1) is 0 Å². The van der Waals surface area contributed by atoms with Gasteiger partial charge in [0.05, 0.1) is 5.69 Å². The van der Waals surface area contributed by atoms with Crippen LogP contribution in [0.1, 0.15) is 0 Å². The fourth-order valence-electron chi connectivity index (χ4n) is 7.81. The van der Waals surface area contributed by atoms with Crippen LogP contribution in [0.15, 0.2) is 212 Å². The summed E-state index contributed by atoms with van der Waals surface area (Å²) in [7, 11) is 0. The fourth-order valence-corrected chi connectivity index (χ4v) is 8.90. The highest BCUT2D eigenvalue weighted by Gasteiger charge is 2.19. The molecule has 0 aliphatic heterocycles. The van der Waals surface area contributed by atoms with E-state index in [2.05, 4.69) is 217 Å². The van der Waals surface area contributed by atoms with Gasteiger partial charge in [0.2, 0.25) is 0 Å². The van der Waals surface area contributed by atoms with Crippen molar-refractivity contribution in [1.29, 1.82) is 0 Å². The first-order valence-electron chi connectivity index (χ1n) is 18.4. The van der Waals surface area contributed by atoms with Gasteiger partial charge in [0, 0.05) is 37.1 Å². The van der Waals surface area contributed by atoms with E-state index in [1.807, 2.05) is 11.3 Å². The zero-order valence-electron chi connectivity index (χ0n) is 29.6. The number of para-hydroxylation sites is 1. The molecule has 254 valence electrons. The van der Waals surface area contributed by atoms with Gasteiger partial charge in [-0.3, -0.25) is 0 Å². The van der Waals surface area contributed by atoms with E-state index in [-0.39, 0.29) is 0 Å². The van der Waals surface area contributed by atoms with Crippen molar-refractivity contribution < 1.29 is 0 Å². The summed E-state index contributed by atoms with van der Waals surface area (Å²) in [6.07, 6.45) is 0. The lowest BCUT2D eigenvalue weighted by molar-refractivity contribution is 1.29. The van der Waals surface area contributed by atoms with Crippen molar-refractivity contribution in [1.82, 2.24) is 0 Å². The van der Waals surface area contributed by atoms with E-state index in [1.165, 1.54) is 75.5 Å². The van der Waals surface area contributed by atoms with E-state index >= 15 is 0 Å². The average Bonchev–Trinajstić information content (AvgIpc) is 3.63. The van der Waals surface area contributed by atoms with Crippen LogP contribution in [0.2, 0.25) is 0 Å². The minimum Gasteiger partial charge on any atom is -0.310 e. The van der Waals surface area contributed by atoms with Gasteiger partial charge in [0.15, 0.2) is 0 Å². The molecule has 0 spiro atoms. The molecule has 0 aliphatic rings. The molecule has 0 atom stereocenters. The molecule has 0 N–H and O–H groups in total. The number of anilines is 3. The lowest BCUT2D eigenvalue weighted by Gasteiger charge is -2.28. The summed E-state index contributed by atoms with van der Waals surface area (Å²) in [6.45, 7) is 0. The third kappa shape index (κ3) is 5.84. The Bertz CT molecular complexity index is 2920. The Hall–Kier alpha value is -6.74. The molecule has 1 heterocycles. The van der Waals surface area contributed by atoms with Crippen molar-refractivity contribution in [3.63, 3.8) is 0 Å². The van der Waals surface area contributed by atoms with E-state index in [0.29, 0.717) is 0 Å². The highest BCUT2D eigenvalue weighted by molar-refractivity contribution is 7.25. The number of hydrogen-bond donors (Lipinski definition) is 0. The second-order valence-corrected chi connectivity index (χ2v) is 14.8. The summed E-state index contributed by atoms with van der Waals surface area (Å²) in [5.74, 6) is 0. The molecule has 54 heavy (non-hydrogen) atoms. The van der Waals surface area contributed by atoms with Crippen LogP contribution < -0.4 is 4.90 Å². The first-order valence-corrected chi connectivity index (χ1v) is 19.2. The minimum atomic E-state index is 1.11. The normalized spacial score (nSPS) is 11.3. The lowest BCUT2D eigenvalue weighted by atomic mass is 9.95. The molecule has 0 fully saturated rings. The zero-order valence-corrected chi connectivity index (χ0v) is 30.4. The molecular formula is C52H35NS. The molecule has 1 aromatic heterocycles. The van der Waals surface area contributed by atoms with Gasteiger partial charge in [-0.1, -0.05) is 164 Å². The summed E-state index contributed by atoms with van der Waals surface area (Å²) in [5, 5.41) is 5.10. The van der Waals surface area contributed by atoms with Gasteiger partial charge in [0.1, 0.15) is 0 Å². The second kappa shape index (κ2) is 13.7. The molecule has 0 saturated carbocycles. The second-order valence-electron chi connectivity index (χ2n) is 13.7. The summed E-state index contributed by atoms with van der Waals surface area (Å²) >= 11 is 1.85. The van der Waals surface area contributed by atoms with E-state index in [0.717, 1.165) is 17.1 Å². The van der Waals surface area contributed by atoms with Gasteiger partial charge in [-0.15, -0.1) is 11.3 Å². The molecule has 0 saturated heterocycles. The Kier molecular flexibility index (Phi) is 8.09. The molecule has 0 bridgehead atoms. The summed E-state index contributed by atoms with van der Waals surface area (Å²) in [4.78, 5) is 2.42. The predicted molar refractivity (Wildman–Crippen MR) is 233 cm³/mol. The fraction of sp³-hybridized carbons (Fsp3) is 0. The maximum Gasteiger partial charge on any atom is 0.0540 e. The topological polar surface area (TPSA) is 3.24 Å². The van der Waals surface area contributed by atoms with Crippen LogP contribution >= 0.6 is 11.3 Å². The first kappa shape index (κ1) is 32.0. The Morgan fingerprint density at radius 3 is 1.72 bits per heavy atom. The molecule has 0 amide bonds. The largest absolute Gasteiger partial charge is 0.310 e. The number of fused-ring (bicyclic) bond motifs is 4. The van der Waals surface area contributed by atoms with Crippen LogP contribution in [0.5, 0.6) is 0 Å². The highest BCUT2D eigenvalue weighted by atomic mass is 32.1. The molecule has 0 radical (unpaired) electrons. The smallest absolute Gasteiger partial charge is 0.0540 e. The van der Waals surface area contributed by atoms with Crippen molar-refractivity contribution in [2.75, 3.05) is 4.90 Å². The lowest BCUT2D eigenvalue weighted by Crippen LogP contribution is -2.11. The number of nitrogens with zero attached hydrogens (tertiary/aromatic N) is 1. The molecule has 2 heteroatoms. The third-order valence-corrected chi connectivity index (χ3v) is 11.6. The van der Waals surface area contributed by atoms with Gasteiger partial charge in [-0.05, 0) is 98.2 Å². The van der Waals surface area contributed by atoms with Crippen LogP contribution in [0.3, 0.4) is 0 Å². The SMILES string of the molecule is c1ccc(-c2ccc(-c3ccccc3N(c3ccc(-c4cccc(-c5cccc6ccccc56)c4)cc3)c3ccc4sc5ccccc5c4c3)cc2)cc1. The van der Waals surface area contributed by atoms with E-state index in [1.54, 1.807) is 0 Å². The zero-order chi connectivity index (χ0) is 35.8.